The average Bonchev–Trinajstić information content (AvgIpc) is 2.44. The van der Waals surface area contributed by atoms with Crippen LogP contribution < -0.4 is 5.32 Å². The van der Waals surface area contributed by atoms with E-state index in [4.69, 9.17) is 5.26 Å². The topological polar surface area (TPSA) is 39.1 Å². The molecule has 13 heavy (non-hydrogen) atoms. The molecule has 1 fully saturated rings. The van der Waals surface area contributed by atoms with Crippen LogP contribution in [-0.4, -0.2) is 23.7 Å². The summed E-state index contributed by atoms with van der Waals surface area (Å²) in [4.78, 5) is 2.30. The molecule has 0 aromatic heterocycles. The summed E-state index contributed by atoms with van der Waals surface area (Å²) < 4.78 is 0. The van der Waals surface area contributed by atoms with Crippen LogP contribution in [0.2, 0.25) is 0 Å². The number of nitrogens with one attached hydrogen (secondary N) is 1. The molecule has 0 aliphatic carbocycles. The molecule has 3 heteroatoms. The zero-order valence-electron chi connectivity index (χ0n) is 7.53. The highest BCUT2D eigenvalue weighted by atomic mass is 15.3. The van der Waals surface area contributed by atoms with E-state index in [1.54, 1.807) is 0 Å². The molecule has 3 nitrogen and oxygen atoms in total. The van der Waals surface area contributed by atoms with E-state index in [1.165, 1.54) is 0 Å². The summed E-state index contributed by atoms with van der Waals surface area (Å²) in [6.07, 6.45) is 6.39. The van der Waals surface area contributed by atoms with Crippen LogP contribution in [0.1, 0.15) is 12.8 Å². The van der Waals surface area contributed by atoms with Crippen molar-refractivity contribution in [2.24, 2.45) is 0 Å². The van der Waals surface area contributed by atoms with Gasteiger partial charge in [-0.15, -0.1) is 6.58 Å². The monoisotopic (exact) mass is 175 g/mol. The number of hydrogen-bond donors (Lipinski definition) is 1. The Morgan fingerprint density at radius 1 is 1.77 bits per heavy atom. The van der Waals surface area contributed by atoms with Crippen molar-refractivity contribution in [3.63, 3.8) is 0 Å². The maximum Gasteiger partial charge on any atom is 0.0979 e. The van der Waals surface area contributed by atoms with Crippen LogP contribution in [0.15, 0.2) is 24.4 Å². The van der Waals surface area contributed by atoms with Crippen molar-refractivity contribution >= 4 is 0 Å². The highest BCUT2D eigenvalue weighted by Crippen LogP contribution is 2.30. The Morgan fingerprint density at radius 3 is 3.31 bits per heavy atom. The first-order valence-electron chi connectivity index (χ1n) is 4.59. The summed E-state index contributed by atoms with van der Waals surface area (Å²) in [5.74, 6) is 0. The number of nitriles is 1. The Balaban J connectivity index is 2.21. The van der Waals surface area contributed by atoms with Crippen molar-refractivity contribution in [3.05, 3.63) is 24.4 Å². The van der Waals surface area contributed by atoms with Gasteiger partial charge in [-0.2, -0.15) is 5.26 Å². The Bertz CT molecular complexity index is 287. The first-order chi connectivity index (χ1) is 6.36. The second kappa shape index (κ2) is 3.23. The minimum absolute atomic E-state index is 0.328. The van der Waals surface area contributed by atoms with E-state index >= 15 is 0 Å². The van der Waals surface area contributed by atoms with Crippen molar-refractivity contribution in [2.45, 2.75) is 25.0 Å². The molecule has 0 aromatic rings. The second-order valence-electron chi connectivity index (χ2n) is 3.47. The Kier molecular flexibility index (Phi) is 2.07. The Hall–Kier alpha value is -1.27. The molecule has 0 spiro atoms. The maximum atomic E-state index is 8.89. The molecule has 2 rings (SSSR count). The maximum absolute atomic E-state index is 8.89. The molecule has 2 atom stereocenters. The fraction of sp³-hybridized carbons (Fsp3) is 0.500. The molecule has 68 valence electrons. The van der Waals surface area contributed by atoms with E-state index in [1.807, 2.05) is 12.3 Å². The van der Waals surface area contributed by atoms with Crippen LogP contribution in [0.3, 0.4) is 0 Å². The van der Waals surface area contributed by atoms with Gasteiger partial charge in [-0.1, -0.05) is 6.08 Å². The molecule has 1 N–H and O–H groups in total. The highest BCUT2D eigenvalue weighted by Gasteiger charge is 2.37. The van der Waals surface area contributed by atoms with Crippen molar-refractivity contribution in [3.8, 4) is 6.07 Å². The third kappa shape index (κ3) is 1.24. The van der Waals surface area contributed by atoms with E-state index < -0.39 is 0 Å². The lowest BCUT2D eigenvalue weighted by molar-refractivity contribution is 0.206. The van der Waals surface area contributed by atoms with Crippen LogP contribution in [-0.2, 0) is 0 Å². The summed E-state index contributed by atoms with van der Waals surface area (Å²) in [6.45, 7) is 4.59. The first kappa shape index (κ1) is 8.33. The lowest BCUT2D eigenvalue weighted by Crippen LogP contribution is -2.47. The number of hydrogen-bond acceptors (Lipinski definition) is 3. The molecule has 2 aliphatic heterocycles. The fourth-order valence-electron chi connectivity index (χ4n) is 2.17. The zero-order chi connectivity index (χ0) is 9.26. The van der Waals surface area contributed by atoms with Crippen LogP contribution in [0.4, 0.5) is 0 Å². The highest BCUT2D eigenvalue weighted by molar-refractivity contribution is 5.31. The minimum atomic E-state index is 0.328. The molecular formula is C10H13N3. The lowest BCUT2D eigenvalue weighted by Gasteiger charge is -2.32. The molecule has 1 saturated heterocycles. The molecule has 2 aliphatic rings. The number of fused-ring (bicyclic) bond motifs is 2. The third-order valence-corrected chi connectivity index (χ3v) is 2.77. The molecule has 2 heterocycles. The van der Waals surface area contributed by atoms with Crippen molar-refractivity contribution in [2.75, 3.05) is 6.54 Å². The van der Waals surface area contributed by atoms with E-state index in [-0.39, 0.29) is 0 Å². The van der Waals surface area contributed by atoms with Crippen LogP contribution in [0, 0.1) is 11.3 Å². The molecule has 2 unspecified atom stereocenters. The summed E-state index contributed by atoms with van der Waals surface area (Å²) >= 11 is 0. The largest absolute Gasteiger partial charge is 0.375 e. The molecule has 0 radical (unpaired) electrons. The van der Waals surface area contributed by atoms with Crippen molar-refractivity contribution < 1.29 is 0 Å². The summed E-state index contributed by atoms with van der Waals surface area (Å²) in [5.41, 5.74) is 0.857. The second-order valence-corrected chi connectivity index (χ2v) is 3.47. The molecule has 2 bridgehead atoms. The van der Waals surface area contributed by atoms with Gasteiger partial charge >= 0.3 is 0 Å². The van der Waals surface area contributed by atoms with Crippen molar-refractivity contribution in [1.29, 1.82) is 5.26 Å². The van der Waals surface area contributed by atoms with E-state index in [0.717, 1.165) is 25.0 Å². The van der Waals surface area contributed by atoms with Gasteiger partial charge in [0.05, 0.1) is 17.8 Å². The minimum Gasteiger partial charge on any atom is -0.375 e. The third-order valence-electron chi connectivity index (χ3n) is 2.77. The predicted octanol–water partition coefficient (Wildman–Crippen LogP) is 0.974. The van der Waals surface area contributed by atoms with Gasteiger partial charge in [-0.25, -0.2) is 0 Å². The standard InChI is InChI=1S/C10H13N3/c1-2-5-13-9-3-4-10(13)12-7-8(9)6-11/h2,7,9-10,12H,1,3-5H2. The molecule has 0 amide bonds. The van der Waals surface area contributed by atoms with Crippen molar-refractivity contribution in [1.82, 2.24) is 10.2 Å². The van der Waals surface area contributed by atoms with Gasteiger partial charge in [0.15, 0.2) is 0 Å². The first-order valence-corrected chi connectivity index (χ1v) is 4.59. The molecular weight excluding hydrogens is 162 g/mol. The van der Waals surface area contributed by atoms with E-state index in [0.29, 0.717) is 12.2 Å². The smallest absolute Gasteiger partial charge is 0.0979 e. The predicted molar refractivity (Wildman–Crippen MR) is 50.5 cm³/mol. The van der Waals surface area contributed by atoms with Crippen LogP contribution in [0.5, 0.6) is 0 Å². The Morgan fingerprint density at radius 2 is 2.62 bits per heavy atom. The van der Waals surface area contributed by atoms with Gasteiger partial charge in [0.2, 0.25) is 0 Å². The SMILES string of the molecule is C=CCN1C2CCC1C(C#N)=CN2. The van der Waals surface area contributed by atoms with Gasteiger partial charge in [-0.3, -0.25) is 4.90 Å². The fourth-order valence-corrected chi connectivity index (χ4v) is 2.17. The lowest BCUT2D eigenvalue weighted by atomic mass is 10.1. The number of rotatable bonds is 2. The van der Waals surface area contributed by atoms with Gasteiger partial charge in [0, 0.05) is 18.8 Å². The quantitative estimate of drug-likeness (QED) is 0.636. The normalized spacial score (nSPS) is 31.8. The van der Waals surface area contributed by atoms with Gasteiger partial charge in [-0.05, 0) is 12.8 Å². The molecule has 0 saturated carbocycles. The summed E-state index contributed by atoms with van der Waals surface area (Å²) in [6, 6.07) is 2.57. The number of nitrogens with zero attached hydrogens (tertiary/aromatic N) is 2. The zero-order valence-corrected chi connectivity index (χ0v) is 7.53. The van der Waals surface area contributed by atoms with E-state index in [9.17, 15) is 0 Å². The summed E-state index contributed by atoms with van der Waals surface area (Å²) in [7, 11) is 0. The van der Waals surface area contributed by atoms with Crippen LogP contribution in [0.25, 0.3) is 0 Å². The Labute approximate surface area is 78.3 Å². The van der Waals surface area contributed by atoms with Crippen LogP contribution >= 0.6 is 0 Å². The van der Waals surface area contributed by atoms with Gasteiger partial charge in [0.25, 0.3) is 0 Å². The van der Waals surface area contributed by atoms with Gasteiger partial charge in [0.1, 0.15) is 0 Å². The van der Waals surface area contributed by atoms with E-state index in [2.05, 4.69) is 22.9 Å². The summed E-state index contributed by atoms with van der Waals surface area (Å²) in [5, 5.41) is 12.1. The molecule has 0 aromatic carbocycles. The average molecular weight is 175 g/mol. The van der Waals surface area contributed by atoms with Gasteiger partial charge < -0.3 is 5.32 Å².